The van der Waals surface area contributed by atoms with E-state index in [1.807, 2.05) is 12.1 Å². The van der Waals surface area contributed by atoms with Crippen molar-refractivity contribution in [1.29, 1.82) is 0 Å². The van der Waals surface area contributed by atoms with Gasteiger partial charge in [-0.15, -0.1) is 0 Å². The second kappa shape index (κ2) is 27.5. The summed E-state index contributed by atoms with van der Waals surface area (Å²) in [5, 5.41) is 20.7. The summed E-state index contributed by atoms with van der Waals surface area (Å²) in [6.45, 7) is 8.38. The molecule has 0 saturated carbocycles. The molecule has 124 heavy (non-hydrogen) atoms. The van der Waals surface area contributed by atoms with E-state index in [0.717, 1.165) is 99.0 Å². The molecule has 0 radical (unpaired) electrons. The fourth-order valence-corrected chi connectivity index (χ4v) is 20.5. The van der Waals surface area contributed by atoms with Crippen LogP contribution in [0.15, 0.2) is 375 Å². The van der Waals surface area contributed by atoms with Crippen LogP contribution in [0.4, 0.5) is 0 Å². The molecule has 0 N–H and O–H groups in total. The summed E-state index contributed by atoms with van der Waals surface area (Å²) in [4.78, 5) is 10.3. The first-order chi connectivity index (χ1) is 60.9. The molecule has 1 saturated heterocycles. The van der Waals surface area contributed by atoms with Gasteiger partial charge in [-0.05, 0) is 228 Å². The molecule has 0 bridgehead atoms. The number of aromatic nitrogens is 8. The number of nitrogens with zero attached hydrogens (tertiary/aromatic N) is 8. The number of pyridine rings is 2. The van der Waals surface area contributed by atoms with Crippen molar-refractivity contribution < 1.29 is 9.31 Å². The number of rotatable bonds is 6. The Bertz CT molecular complexity index is 8650. The number of allylic oxidation sites excluding steroid dienone is 2. The third-order valence-corrected chi connectivity index (χ3v) is 26.8. The molecule has 0 spiro atoms. The van der Waals surface area contributed by atoms with Crippen LogP contribution in [0.25, 0.3) is 221 Å². The van der Waals surface area contributed by atoms with Crippen LogP contribution in [-0.4, -0.2) is 55.4 Å². The molecule has 12 heteroatoms. The Morgan fingerprint density at radius 1 is 0.290 bits per heavy atom. The fraction of sp³-hybridized carbons (Fsp3) is 0.0536. The molecule has 10 nitrogen and oxygen atoms in total. The van der Waals surface area contributed by atoms with Crippen LogP contribution in [0, 0.1) is 6.08 Å². The van der Waals surface area contributed by atoms with Crippen LogP contribution < -0.4 is 5.46 Å². The molecule has 1 fully saturated rings. The molecule has 1 aliphatic heterocycles. The van der Waals surface area contributed by atoms with Crippen LogP contribution in [0.1, 0.15) is 39.0 Å². The predicted octanol–water partition coefficient (Wildman–Crippen LogP) is 28.4. The Morgan fingerprint density at radius 3 is 1.07 bits per heavy atom. The highest BCUT2D eigenvalue weighted by atomic mass is 79.9. The van der Waals surface area contributed by atoms with Gasteiger partial charge in [-0.3, -0.25) is 13.4 Å². The van der Waals surface area contributed by atoms with E-state index >= 15 is 0 Å². The fourth-order valence-electron chi connectivity index (χ4n) is 20.0. The molecule has 9 heterocycles. The number of imidazole rings is 2. The van der Waals surface area contributed by atoms with Crippen molar-refractivity contribution in [2.75, 3.05) is 0 Å². The van der Waals surface area contributed by atoms with Crippen molar-refractivity contribution >= 4 is 215 Å². The van der Waals surface area contributed by atoms with E-state index in [-0.39, 0.29) is 11.2 Å². The smallest absolute Gasteiger partial charge is 0.399 e. The molecule has 1 aliphatic carbocycles. The summed E-state index contributed by atoms with van der Waals surface area (Å²) < 4.78 is 28.0. The molecular formula is C112H75BBrN8O2+. The third kappa shape index (κ3) is 11.0. The van der Waals surface area contributed by atoms with E-state index in [2.05, 4.69) is 447 Å². The Kier molecular flexibility index (Phi) is 15.9. The van der Waals surface area contributed by atoms with Crippen molar-refractivity contribution in [3.63, 3.8) is 0 Å². The van der Waals surface area contributed by atoms with Gasteiger partial charge in [0.25, 0.3) is 0 Å². The summed E-state index contributed by atoms with van der Waals surface area (Å²) in [6.07, 6.45) is 9.47. The number of para-hydroxylation sites is 11. The number of benzene rings is 17. The average Bonchev–Trinajstić information content (AvgIpc) is 1.41. The lowest BCUT2D eigenvalue weighted by Gasteiger charge is -2.32. The lowest BCUT2D eigenvalue weighted by atomic mass is 9.78. The highest BCUT2D eigenvalue weighted by Gasteiger charge is 2.52. The normalized spacial score (nSPS) is 13.8. The molecule has 8 aromatic heterocycles. The first-order valence-corrected chi connectivity index (χ1v) is 43.2. The van der Waals surface area contributed by atoms with Crippen LogP contribution in [-0.2, 0) is 9.31 Å². The highest BCUT2D eigenvalue weighted by Crippen LogP contribution is 2.45. The van der Waals surface area contributed by atoms with Crippen LogP contribution >= 0.6 is 15.9 Å². The zero-order chi connectivity index (χ0) is 82.4. The van der Waals surface area contributed by atoms with E-state index in [1.54, 1.807) is 0 Å². The lowest BCUT2D eigenvalue weighted by molar-refractivity contribution is 0.00578. The molecule has 584 valence electrons. The standard InChI is InChI=1S/C53H32N4.C30H18BrN2.C29H25BN2O2/c1-2-14-34-31-45-43(29-33(34)13-1)44-30-35(25-26-51(44)57-52-24-12-7-19-46(52)54-53(45)57)36-27-37(55-47-20-8-3-15-39(47)40-16-4-9-21-48(40)55)32-38(28-36)56-49-22-10-5-17-41(49)42-18-6-11-23-50(42)56;31-20-17-21(32-27-13-5-1-9-23(27)24-10-2-6-14-28(24)32)19-22(18-20)33-29-15-7-3-11-25(29)26-12-4-8-16-30(26)33;1-28(2)29(3,4)34-30(33-28)20-13-14-25-22(17-20)21-15-18-9-5-6-10-19(18)16-23(21)27-31-24-11-7-8-12-26(24)32(25)27/h1-32H;1-3,5-19H;5-17H,1-4H3/q;+1;. The van der Waals surface area contributed by atoms with Gasteiger partial charge in [-0.2, -0.15) is 0 Å². The van der Waals surface area contributed by atoms with Gasteiger partial charge in [0.05, 0.1) is 100 Å². The second-order valence-electron chi connectivity index (χ2n) is 33.9. The van der Waals surface area contributed by atoms with Crippen molar-refractivity contribution in [1.82, 2.24) is 37.0 Å². The molecule has 27 rings (SSSR count). The number of fused-ring (bicyclic) bond motifs is 30. The maximum atomic E-state index is 6.38. The zero-order valence-corrected chi connectivity index (χ0v) is 69.8. The topological polar surface area (TPSA) is 72.8 Å². The Balaban J connectivity index is 0.000000108. The summed E-state index contributed by atoms with van der Waals surface area (Å²) in [5.41, 5.74) is 26.3. The minimum absolute atomic E-state index is 0.380. The number of hydrogen-bond donors (Lipinski definition) is 0. The minimum atomic E-state index is -0.403. The van der Waals surface area contributed by atoms with Crippen molar-refractivity contribution in [2.45, 2.75) is 38.9 Å². The summed E-state index contributed by atoms with van der Waals surface area (Å²) in [7, 11) is -0.403. The lowest BCUT2D eigenvalue weighted by Crippen LogP contribution is -2.41. The molecule has 0 amide bonds. The Morgan fingerprint density at radius 2 is 0.637 bits per heavy atom. The first-order valence-electron chi connectivity index (χ1n) is 42.4. The van der Waals surface area contributed by atoms with Crippen molar-refractivity contribution in [3.8, 4) is 33.9 Å². The minimum Gasteiger partial charge on any atom is -0.399 e. The van der Waals surface area contributed by atoms with Crippen LogP contribution in [0.2, 0.25) is 0 Å². The van der Waals surface area contributed by atoms with E-state index in [4.69, 9.17) is 19.3 Å². The van der Waals surface area contributed by atoms with Crippen molar-refractivity contribution in [2.24, 2.45) is 0 Å². The van der Waals surface area contributed by atoms with Gasteiger partial charge < -0.3 is 23.0 Å². The Labute approximate surface area is 721 Å². The second-order valence-corrected chi connectivity index (χ2v) is 34.8. The SMILES string of the molecule is Brc1cc(-n2c3c(c4ccccc42)C=[C+]C=C3)cc(-n2c3ccccc3c3ccccc32)c1.CC1(C)OB(c2ccc3c(c2)c2cc4ccccc4cc2c2nc4ccccc4n32)OC1(C)C.c1ccc2cc3c(cc2c1)c1cc(-c2cc(-n4c5ccccc5c5ccccc54)cc(-n4c5ccccc5c5ccccc54)c2)ccc1n1c2ccccc2nc31. The highest BCUT2D eigenvalue weighted by molar-refractivity contribution is 9.10. The van der Waals surface area contributed by atoms with Gasteiger partial charge in [0.2, 0.25) is 0 Å². The third-order valence-electron chi connectivity index (χ3n) is 26.4. The summed E-state index contributed by atoms with van der Waals surface area (Å²) in [6, 6.07) is 132. The van der Waals surface area contributed by atoms with Gasteiger partial charge in [-0.25, -0.2) is 9.97 Å². The molecule has 0 unspecified atom stereocenters. The molecular weight excluding hydrogens is 1580 g/mol. The average molecular weight is 1660 g/mol. The maximum Gasteiger partial charge on any atom is 0.494 e. The van der Waals surface area contributed by atoms with E-state index < -0.39 is 7.12 Å². The van der Waals surface area contributed by atoms with Gasteiger partial charge in [0.1, 0.15) is 29.0 Å². The van der Waals surface area contributed by atoms with Crippen LogP contribution in [0.3, 0.4) is 0 Å². The number of hydrogen-bond acceptors (Lipinski definition) is 4. The van der Waals surface area contributed by atoms with E-state index in [9.17, 15) is 0 Å². The molecule has 2 aliphatic rings. The monoisotopic (exact) mass is 1650 g/mol. The Hall–Kier alpha value is -15.0. The quantitative estimate of drug-likeness (QED) is 0.0720. The van der Waals surface area contributed by atoms with Crippen molar-refractivity contribution in [3.05, 3.63) is 392 Å². The number of halogens is 1. The van der Waals surface area contributed by atoms with Gasteiger partial charge in [-0.1, -0.05) is 228 Å². The van der Waals surface area contributed by atoms with E-state index in [1.165, 1.54) is 131 Å². The predicted molar refractivity (Wildman–Crippen MR) is 522 cm³/mol. The largest absolute Gasteiger partial charge is 0.494 e. The van der Waals surface area contributed by atoms with Gasteiger partial charge in [0, 0.05) is 81.5 Å². The molecule has 0 atom stereocenters. The summed E-state index contributed by atoms with van der Waals surface area (Å²) in [5.74, 6) is 0. The molecule has 17 aromatic carbocycles. The molecule has 25 aromatic rings. The van der Waals surface area contributed by atoms with Gasteiger partial charge in [0.15, 0.2) is 5.69 Å². The van der Waals surface area contributed by atoms with E-state index in [0.29, 0.717) is 0 Å². The zero-order valence-electron chi connectivity index (χ0n) is 68.2. The summed E-state index contributed by atoms with van der Waals surface area (Å²) >= 11 is 3.81. The maximum absolute atomic E-state index is 6.38. The first kappa shape index (κ1) is 71.9. The van der Waals surface area contributed by atoms with Crippen LogP contribution in [0.5, 0.6) is 0 Å². The van der Waals surface area contributed by atoms with Gasteiger partial charge >= 0.3 is 7.12 Å².